The summed E-state index contributed by atoms with van der Waals surface area (Å²) in [7, 11) is -4.11. The number of rotatable bonds is 5. The third-order valence-corrected chi connectivity index (χ3v) is 7.60. The van der Waals surface area contributed by atoms with Gasteiger partial charge in [-0.05, 0) is 48.2 Å². The van der Waals surface area contributed by atoms with Gasteiger partial charge in [0.1, 0.15) is 10.9 Å². The quantitative estimate of drug-likeness (QED) is 0.584. The Hall–Kier alpha value is -3.03. The van der Waals surface area contributed by atoms with Crippen LogP contribution in [-0.2, 0) is 14.6 Å². The maximum atomic E-state index is 13.5. The molecular weight excluding hydrogens is 418 g/mol. The van der Waals surface area contributed by atoms with Crippen LogP contribution in [0.25, 0.3) is 0 Å². The molecule has 1 heterocycles. The fourth-order valence-electron chi connectivity index (χ4n) is 3.53. The molecule has 7 heteroatoms. The lowest BCUT2D eigenvalue weighted by Gasteiger charge is -2.27. The molecule has 0 fully saturated rings. The van der Waals surface area contributed by atoms with E-state index >= 15 is 0 Å². The van der Waals surface area contributed by atoms with Gasteiger partial charge in [0, 0.05) is 10.6 Å². The van der Waals surface area contributed by atoms with Gasteiger partial charge < -0.3 is 5.11 Å². The first-order valence-electron chi connectivity index (χ1n) is 9.21. The number of carbonyl (C=O) groups excluding carboxylic acids is 1. The average Bonchev–Trinajstić information content (AvgIpc) is 3.06. The number of nitrogens with zero attached hydrogens (tertiary/aromatic N) is 1. The van der Waals surface area contributed by atoms with Gasteiger partial charge in [-0.1, -0.05) is 48.5 Å². The summed E-state index contributed by atoms with van der Waals surface area (Å²) in [6, 6.07) is 23.0. The second-order valence-electron chi connectivity index (χ2n) is 6.72. The number of aliphatic hydroxyl groups is 1. The highest BCUT2D eigenvalue weighted by Gasteiger charge is 2.47. The number of hydrogen-bond donors (Lipinski definition) is 1. The molecule has 0 unspecified atom stereocenters. The molecule has 3 aromatic rings. The third kappa shape index (κ3) is 3.40. The maximum absolute atomic E-state index is 13.5. The summed E-state index contributed by atoms with van der Waals surface area (Å²) in [6.45, 7) is 0. The van der Waals surface area contributed by atoms with Gasteiger partial charge in [-0.25, -0.2) is 8.42 Å². The van der Waals surface area contributed by atoms with E-state index in [4.69, 9.17) is 0 Å². The molecule has 152 valence electrons. The predicted octanol–water partition coefficient (Wildman–Crippen LogP) is 4.74. The van der Waals surface area contributed by atoms with Gasteiger partial charge in [-0.2, -0.15) is 0 Å². The zero-order chi connectivity index (χ0) is 21.3. The summed E-state index contributed by atoms with van der Waals surface area (Å²) in [5.74, 6) is -1.49. The molecule has 0 aliphatic carbocycles. The molecule has 1 aliphatic heterocycles. The van der Waals surface area contributed by atoms with E-state index in [1.807, 2.05) is 18.4 Å². The highest BCUT2D eigenvalue weighted by Crippen LogP contribution is 2.44. The van der Waals surface area contributed by atoms with Gasteiger partial charge in [0.15, 0.2) is 5.76 Å². The van der Waals surface area contributed by atoms with Crippen molar-refractivity contribution in [2.45, 2.75) is 15.8 Å². The molecule has 0 bridgehead atoms. The van der Waals surface area contributed by atoms with Crippen molar-refractivity contribution in [3.63, 3.8) is 0 Å². The lowest BCUT2D eigenvalue weighted by atomic mass is 10.1. The second kappa shape index (κ2) is 8.01. The van der Waals surface area contributed by atoms with E-state index < -0.39 is 27.5 Å². The number of aliphatic hydroxyl groups excluding tert-OH is 1. The molecule has 1 atom stereocenters. The van der Waals surface area contributed by atoms with Crippen molar-refractivity contribution in [2.24, 2.45) is 0 Å². The van der Waals surface area contributed by atoms with Crippen LogP contribution in [0.5, 0.6) is 0 Å². The van der Waals surface area contributed by atoms with Crippen molar-refractivity contribution in [2.75, 3.05) is 11.2 Å². The predicted molar refractivity (Wildman–Crippen MR) is 118 cm³/mol. The number of para-hydroxylation sites is 1. The molecule has 0 saturated carbocycles. The number of carbonyl (C=O) groups is 1. The van der Waals surface area contributed by atoms with E-state index in [-0.39, 0.29) is 9.80 Å². The molecule has 1 N–H and O–H groups in total. The summed E-state index contributed by atoms with van der Waals surface area (Å²) in [5.41, 5.74) is 1.11. The van der Waals surface area contributed by atoms with Crippen molar-refractivity contribution in [1.82, 2.24) is 0 Å². The summed E-state index contributed by atoms with van der Waals surface area (Å²) in [4.78, 5) is 15.1. The monoisotopic (exact) mass is 437 g/mol. The first-order valence-corrected chi connectivity index (χ1v) is 11.9. The normalized spacial score (nSPS) is 16.9. The molecule has 1 aliphatic rings. The Morgan fingerprint density at radius 3 is 2.00 bits per heavy atom. The number of hydrogen-bond acceptors (Lipinski definition) is 5. The Morgan fingerprint density at radius 1 is 0.867 bits per heavy atom. The molecule has 4 rings (SSSR count). The van der Waals surface area contributed by atoms with Crippen molar-refractivity contribution < 1.29 is 18.3 Å². The van der Waals surface area contributed by atoms with Crippen LogP contribution in [-0.4, -0.2) is 25.7 Å². The van der Waals surface area contributed by atoms with E-state index in [2.05, 4.69) is 0 Å². The lowest BCUT2D eigenvalue weighted by Crippen LogP contribution is -2.31. The Morgan fingerprint density at radius 2 is 1.43 bits per heavy atom. The van der Waals surface area contributed by atoms with E-state index in [1.54, 1.807) is 72.4 Å². The minimum absolute atomic E-state index is 0.0278. The van der Waals surface area contributed by atoms with Gasteiger partial charge in [-0.15, -0.1) is 11.8 Å². The van der Waals surface area contributed by atoms with Crippen LogP contribution in [0.3, 0.4) is 0 Å². The largest absolute Gasteiger partial charge is 0.502 e. The number of amides is 1. The number of benzene rings is 3. The highest BCUT2D eigenvalue weighted by molar-refractivity contribution is 7.98. The molecule has 30 heavy (non-hydrogen) atoms. The molecule has 0 spiro atoms. The summed E-state index contributed by atoms with van der Waals surface area (Å²) < 4.78 is 26.9. The minimum Gasteiger partial charge on any atom is -0.502 e. The molecule has 1 amide bonds. The SMILES string of the molecule is CSc1ccc([C@H]2C(S(=O)(=O)c3ccccc3)=C(O)C(=O)N2c2ccccc2)cc1. The fourth-order valence-corrected chi connectivity index (χ4v) is 5.58. The van der Waals surface area contributed by atoms with Crippen molar-refractivity contribution in [1.29, 1.82) is 0 Å². The standard InChI is InChI=1S/C23H19NO4S2/c1-29-18-14-12-16(13-15-18)20-22(30(27,28)19-10-6-3-7-11-19)21(25)23(26)24(20)17-8-4-2-5-9-17/h2-15,20,25H,1H3/t20-/m0/s1. The van der Waals surface area contributed by atoms with E-state index in [9.17, 15) is 18.3 Å². The van der Waals surface area contributed by atoms with Crippen LogP contribution >= 0.6 is 11.8 Å². The van der Waals surface area contributed by atoms with Crippen molar-refractivity contribution in [3.05, 3.63) is 101 Å². The number of thioether (sulfide) groups is 1. The van der Waals surface area contributed by atoms with Crippen LogP contribution in [0.15, 0.2) is 105 Å². The third-order valence-electron chi connectivity index (χ3n) is 4.97. The Labute approximate surface area is 179 Å². The van der Waals surface area contributed by atoms with Crippen molar-refractivity contribution >= 4 is 33.2 Å². The minimum atomic E-state index is -4.11. The second-order valence-corrected chi connectivity index (χ2v) is 9.51. The van der Waals surface area contributed by atoms with Gasteiger partial charge in [0.2, 0.25) is 9.84 Å². The van der Waals surface area contributed by atoms with Crippen LogP contribution in [0.1, 0.15) is 11.6 Å². The summed E-state index contributed by atoms with van der Waals surface area (Å²) in [6.07, 6.45) is 1.95. The van der Waals surface area contributed by atoms with E-state index in [1.165, 1.54) is 17.0 Å². The lowest BCUT2D eigenvalue weighted by molar-refractivity contribution is -0.117. The zero-order valence-corrected chi connectivity index (χ0v) is 17.7. The highest BCUT2D eigenvalue weighted by atomic mass is 32.2. The number of sulfone groups is 1. The fraction of sp³-hybridized carbons (Fsp3) is 0.0870. The Bertz CT molecular complexity index is 1210. The van der Waals surface area contributed by atoms with Gasteiger partial charge in [0.25, 0.3) is 5.91 Å². The first kappa shape index (κ1) is 20.3. The molecular formula is C23H19NO4S2. The van der Waals surface area contributed by atoms with E-state index in [0.717, 1.165) is 4.90 Å². The molecule has 0 saturated heterocycles. The average molecular weight is 438 g/mol. The summed E-state index contributed by atoms with van der Waals surface area (Å²) >= 11 is 1.56. The van der Waals surface area contributed by atoms with Crippen LogP contribution < -0.4 is 4.90 Å². The smallest absolute Gasteiger partial charge is 0.295 e. The molecule has 0 radical (unpaired) electrons. The molecule has 0 aromatic heterocycles. The Balaban J connectivity index is 1.93. The summed E-state index contributed by atoms with van der Waals surface area (Å²) in [5, 5.41) is 10.7. The molecule has 3 aromatic carbocycles. The van der Waals surface area contributed by atoms with Gasteiger partial charge >= 0.3 is 0 Å². The first-order chi connectivity index (χ1) is 14.4. The van der Waals surface area contributed by atoms with Crippen LogP contribution in [0, 0.1) is 0 Å². The number of anilines is 1. The molecule has 5 nitrogen and oxygen atoms in total. The van der Waals surface area contributed by atoms with Gasteiger partial charge in [-0.3, -0.25) is 9.69 Å². The Kier molecular flexibility index (Phi) is 5.40. The van der Waals surface area contributed by atoms with Crippen molar-refractivity contribution in [3.8, 4) is 0 Å². The topological polar surface area (TPSA) is 74.7 Å². The van der Waals surface area contributed by atoms with Gasteiger partial charge in [0.05, 0.1) is 4.90 Å². The van der Waals surface area contributed by atoms with Crippen LogP contribution in [0.2, 0.25) is 0 Å². The zero-order valence-electron chi connectivity index (χ0n) is 16.1. The van der Waals surface area contributed by atoms with Crippen LogP contribution in [0.4, 0.5) is 5.69 Å². The van der Waals surface area contributed by atoms with E-state index in [0.29, 0.717) is 11.3 Å². The maximum Gasteiger partial charge on any atom is 0.295 e.